The van der Waals surface area contributed by atoms with Crippen LogP contribution in [0.25, 0.3) is 0 Å². The van der Waals surface area contributed by atoms with Crippen molar-refractivity contribution in [3.8, 4) is 0 Å². The van der Waals surface area contributed by atoms with E-state index in [9.17, 15) is 14.4 Å². The fraction of sp³-hybridized carbons (Fsp3) is 0.100. The number of carbonyl (C=O) groups excluding carboxylic acids is 3. The van der Waals surface area contributed by atoms with Crippen LogP contribution >= 0.6 is 0 Å². The van der Waals surface area contributed by atoms with Crippen LogP contribution in [0.1, 0.15) is 64.5 Å². The van der Waals surface area contributed by atoms with E-state index in [0.29, 0.717) is 36.0 Å². The summed E-state index contributed by atoms with van der Waals surface area (Å²) in [4.78, 5) is 34.5. The second kappa shape index (κ2) is 10.5. The molecule has 0 amide bonds. The van der Waals surface area contributed by atoms with Crippen molar-refractivity contribution < 1.29 is 14.4 Å². The summed E-state index contributed by atoms with van der Waals surface area (Å²) in [5.74, 6) is 0. The van der Waals surface area contributed by atoms with Crippen molar-refractivity contribution in [1.29, 1.82) is 0 Å². The highest BCUT2D eigenvalue weighted by atomic mass is 16.1. The zero-order valence-corrected chi connectivity index (χ0v) is 18.2. The van der Waals surface area contributed by atoms with Crippen LogP contribution in [0.5, 0.6) is 0 Å². The van der Waals surface area contributed by atoms with E-state index in [0.717, 1.165) is 52.2 Å². The van der Waals surface area contributed by atoms with Crippen LogP contribution in [-0.4, -0.2) is 18.9 Å². The van der Waals surface area contributed by atoms with Crippen molar-refractivity contribution in [3.05, 3.63) is 141 Å². The third-order valence-electron chi connectivity index (χ3n) is 5.84. The smallest absolute Gasteiger partial charge is 0.150 e. The average molecular weight is 433 g/mol. The van der Waals surface area contributed by atoms with Gasteiger partial charge in [-0.05, 0) is 52.6 Å². The Labute approximate surface area is 193 Å². The molecule has 0 saturated carbocycles. The molecule has 3 heteroatoms. The van der Waals surface area contributed by atoms with Gasteiger partial charge in [-0.2, -0.15) is 0 Å². The summed E-state index contributed by atoms with van der Waals surface area (Å²) < 4.78 is 0. The Morgan fingerprint density at radius 3 is 0.970 bits per heavy atom. The van der Waals surface area contributed by atoms with Crippen LogP contribution in [0, 0.1) is 0 Å². The molecule has 0 atom stereocenters. The van der Waals surface area contributed by atoms with Crippen molar-refractivity contribution in [3.63, 3.8) is 0 Å². The Bertz CT molecular complexity index is 1130. The van der Waals surface area contributed by atoms with Crippen LogP contribution in [-0.2, 0) is 19.3 Å². The molecule has 4 rings (SSSR count). The molecule has 33 heavy (non-hydrogen) atoms. The largest absolute Gasteiger partial charge is 0.298 e. The molecule has 0 aliphatic heterocycles. The van der Waals surface area contributed by atoms with Gasteiger partial charge in [0, 0.05) is 16.7 Å². The van der Waals surface area contributed by atoms with Crippen LogP contribution < -0.4 is 0 Å². The van der Waals surface area contributed by atoms with Gasteiger partial charge in [0.2, 0.25) is 0 Å². The number of aldehydes is 3. The molecule has 3 nitrogen and oxygen atoms in total. The highest BCUT2D eigenvalue weighted by molar-refractivity contribution is 5.78. The van der Waals surface area contributed by atoms with Gasteiger partial charge in [-0.15, -0.1) is 0 Å². The van der Waals surface area contributed by atoms with E-state index in [1.165, 1.54) is 0 Å². The number of rotatable bonds is 9. The lowest BCUT2D eigenvalue weighted by Gasteiger charge is -2.13. The molecule has 0 unspecified atom stereocenters. The summed E-state index contributed by atoms with van der Waals surface area (Å²) in [5.41, 5.74) is 8.22. The standard InChI is InChI=1S/C30H24O3/c31-19-28-10-4-1-7-25(28)16-22-13-23(17-26-8-2-5-11-29(26)20-32)15-24(14-22)18-27-9-3-6-12-30(27)21-33/h1-15,19-21H,16-18H2. The summed E-state index contributed by atoms with van der Waals surface area (Å²) in [6, 6.07) is 29.2. The lowest BCUT2D eigenvalue weighted by Crippen LogP contribution is -2.01. The molecule has 0 radical (unpaired) electrons. The Morgan fingerprint density at radius 2 is 0.697 bits per heavy atom. The van der Waals surface area contributed by atoms with Gasteiger partial charge < -0.3 is 0 Å². The number of hydrogen-bond donors (Lipinski definition) is 0. The molecular formula is C30H24O3. The monoisotopic (exact) mass is 432 g/mol. The van der Waals surface area contributed by atoms with Gasteiger partial charge in [-0.3, -0.25) is 14.4 Å². The van der Waals surface area contributed by atoms with Gasteiger partial charge in [0.05, 0.1) is 0 Å². The molecule has 0 aliphatic rings. The molecule has 4 aromatic carbocycles. The number of benzene rings is 4. The average Bonchev–Trinajstić information content (AvgIpc) is 2.85. The topological polar surface area (TPSA) is 51.2 Å². The predicted octanol–water partition coefficient (Wildman–Crippen LogP) is 5.90. The van der Waals surface area contributed by atoms with Crippen molar-refractivity contribution in [2.24, 2.45) is 0 Å². The Morgan fingerprint density at radius 1 is 0.424 bits per heavy atom. The highest BCUT2D eigenvalue weighted by Crippen LogP contribution is 2.22. The van der Waals surface area contributed by atoms with Crippen LogP contribution in [0.4, 0.5) is 0 Å². The fourth-order valence-corrected chi connectivity index (χ4v) is 4.24. The summed E-state index contributed by atoms with van der Waals surface area (Å²) in [6.07, 6.45) is 4.55. The quantitative estimate of drug-likeness (QED) is 0.310. The van der Waals surface area contributed by atoms with Gasteiger partial charge in [-0.25, -0.2) is 0 Å². The molecule has 0 heterocycles. The maximum Gasteiger partial charge on any atom is 0.150 e. The fourth-order valence-electron chi connectivity index (χ4n) is 4.24. The van der Waals surface area contributed by atoms with Crippen LogP contribution in [0.2, 0.25) is 0 Å². The van der Waals surface area contributed by atoms with E-state index < -0.39 is 0 Å². The lowest BCUT2D eigenvalue weighted by atomic mass is 9.91. The van der Waals surface area contributed by atoms with Crippen molar-refractivity contribution >= 4 is 18.9 Å². The first-order valence-corrected chi connectivity index (χ1v) is 10.9. The lowest BCUT2D eigenvalue weighted by molar-refractivity contribution is 0.111. The molecule has 0 spiro atoms. The van der Waals surface area contributed by atoms with Gasteiger partial charge in [0.1, 0.15) is 18.9 Å². The first kappa shape index (κ1) is 22.1. The minimum atomic E-state index is 0.625. The van der Waals surface area contributed by atoms with Crippen molar-refractivity contribution in [2.45, 2.75) is 19.3 Å². The summed E-state index contributed by atoms with van der Waals surface area (Å²) in [5, 5.41) is 0. The van der Waals surface area contributed by atoms with Crippen LogP contribution in [0.3, 0.4) is 0 Å². The van der Waals surface area contributed by atoms with E-state index in [-0.39, 0.29) is 0 Å². The molecule has 4 aromatic rings. The van der Waals surface area contributed by atoms with Gasteiger partial charge in [-0.1, -0.05) is 91.0 Å². The maximum absolute atomic E-state index is 11.5. The molecule has 0 aromatic heterocycles. The van der Waals surface area contributed by atoms with Crippen LogP contribution in [0.15, 0.2) is 91.0 Å². The summed E-state index contributed by atoms with van der Waals surface area (Å²) in [7, 11) is 0. The third kappa shape index (κ3) is 5.39. The Hall–Kier alpha value is -4.11. The minimum Gasteiger partial charge on any atom is -0.298 e. The first-order chi connectivity index (χ1) is 16.2. The number of carbonyl (C=O) groups is 3. The predicted molar refractivity (Wildman–Crippen MR) is 130 cm³/mol. The van der Waals surface area contributed by atoms with Gasteiger partial charge >= 0.3 is 0 Å². The maximum atomic E-state index is 11.5. The Balaban J connectivity index is 1.74. The SMILES string of the molecule is O=Cc1ccccc1Cc1cc(Cc2ccccc2C=O)cc(Cc2ccccc2C=O)c1. The summed E-state index contributed by atoms with van der Waals surface area (Å²) >= 11 is 0. The zero-order chi connectivity index (χ0) is 23.0. The second-order valence-electron chi connectivity index (χ2n) is 8.14. The van der Waals surface area contributed by atoms with Crippen molar-refractivity contribution in [2.75, 3.05) is 0 Å². The second-order valence-corrected chi connectivity index (χ2v) is 8.14. The molecule has 0 saturated heterocycles. The molecule has 162 valence electrons. The minimum absolute atomic E-state index is 0.625. The molecule has 0 aliphatic carbocycles. The van der Waals surface area contributed by atoms with Gasteiger partial charge in [0.15, 0.2) is 0 Å². The van der Waals surface area contributed by atoms with Gasteiger partial charge in [0.25, 0.3) is 0 Å². The molecule has 0 N–H and O–H groups in total. The first-order valence-electron chi connectivity index (χ1n) is 10.9. The van der Waals surface area contributed by atoms with E-state index in [2.05, 4.69) is 18.2 Å². The van der Waals surface area contributed by atoms with E-state index >= 15 is 0 Å². The van der Waals surface area contributed by atoms with E-state index in [4.69, 9.17) is 0 Å². The third-order valence-corrected chi connectivity index (χ3v) is 5.84. The normalized spacial score (nSPS) is 10.5. The zero-order valence-electron chi connectivity index (χ0n) is 18.2. The molecule has 0 fully saturated rings. The Kier molecular flexibility index (Phi) is 7.01. The molecular weight excluding hydrogens is 408 g/mol. The highest BCUT2D eigenvalue weighted by Gasteiger charge is 2.10. The van der Waals surface area contributed by atoms with E-state index in [1.54, 1.807) is 0 Å². The van der Waals surface area contributed by atoms with E-state index in [1.807, 2.05) is 72.8 Å². The van der Waals surface area contributed by atoms with Crippen molar-refractivity contribution in [1.82, 2.24) is 0 Å². The molecule has 0 bridgehead atoms. The summed E-state index contributed by atoms with van der Waals surface area (Å²) in [6.45, 7) is 0. The number of hydrogen-bond acceptors (Lipinski definition) is 3.